The van der Waals surface area contributed by atoms with E-state index in [1.54, 1.807) is 48.4 Å². The molecule has 6 heteroatoms. The van der Waals surface area contributed by atoms with Crippen LogP contribution in [0.1, 0.15) is 18.4 Å². The highest BCUT2D eigenvalue weighted by Gasteiger charge is 2.24. The molecule has 0 saturated carbocycles. The smallest absolute Gasteiger partial charge is 0.248 e. The predicted octanol–water partition coefficient (Wildman–Crippen LogP) is 4.13. The van der Waals surface area contributed by atoms with E-state index >= 15 is 0 Å². The van der Waals surface area contributed by atoms with Crippen LogP contribution in [0.25, 0.3) is 6.08 Å². The van der Waals surface area contributed by atoms with Gasteiger partial charge in [-0.1, -0.05) is 23.7 Å². The number of hydrogen-bond acceptors (Lipinski definition) is 3. The molecule has 1 aliphatic rings. The number of carbonyl (C=O) groups is 2. The predicted molar refractivity (Wildman–Crippen MR) is 104 cm³/mol. The fraction of sp³-hybridized carbons (Fsp3) is 0.200. The molecule has 1 aliphatic heterocycles. The SMILES string of the molecule is COc1cc(NC(=O)/C=C\c2cccc(Cl)c2)ccc1N1CCCC1=O. The van der Waals surface area contributed by atoms with Crippen molar-refractivity contribution >= 4 is 40.9 Å². The summed E-state index contributed by atoms with van der Waals surface area (Å²) < 4.78 is 5.39. The molecular formula is C20H19ClN2O3. The van der Waals surface area contributed by atoms with Gasteiger partial charge in [0.1, 0.15) is 5.75 Å². The van der Waals surface area contributed by atoms with E-state index in [1.165, 1.54) is 6.08 Å². The highest BCUT2D eigenvalue weighted by molar-refractivity contribution is 6.30. The van der Waals surface area contributed by atoms with Crippen molar-refractivity contribution in [1.82, 2.24) is 0 Å². The third-order valence-electron chi connectivity index (χ3n) is 4.09. The van der Waals surface area contributed by atoms with Crippen molar-refractivity contribution < 1.29 is 14.3 Å². The lowest BCUT2D eigenvalue weighted by Gasteiger charge is -2.19. The number of benzene rings is 2. The summed E-state index contributed by atoms with van der Waals surface area (Å²) in [7, 11) is 1.55. The number of amides is 2. The standard InChI is InChI=1S/C20H19ClN2O3/c1-26-18-13-16(8-9-17(18)23-11-3-6-20(23)25)22-19(24)10-7-14-4-2-5-15(21)12-14/h2,4-5,7-10,12-13H,3,6,11H2,1H3,(H,22,24)/b10-7-. The summed E-state index contributed by atoms with van der Waals surface area (Å²) >= 11 is 5.93. The van der Waals surface area contributed by atoms with E-state index < -0.39 is 0 Å². The van der Waals surface area contributed by atoms with E-state index in [0.29, 0.717) is 29.4 Å². The number of ether oxygens (including phenoxy) is 1. The van der Waals surface area contributed by atoms with E-state index in [-0.39, 0.29) is 11.8 Å². The van der Waals surface area contributed by atoms with Crippen LogP contribution in [0.3, 0.4) is 0 Å². The van der Waals surface area contributed by atoms with Crippen LogP contribution in [0.2, 0.25) is 5.02 Å². The first-order valence-corrected chi connectivity index (χ1v) is 8.67. The van der Waals surface area contributed by atoms with Crippen molar-refractivity contribution in [2.45, 2.75) is 12.8 Å². The molecule has 5 nitrogen and oxygen atoms in total. The summed E-state index contributed by atoms with van der Waals surface area (Å²) in [6.07, 6.45) is 4.52. The molecule has 134 valence electrons. The monoisotopic (exact) mass is 370 g/mol. The van der Waals surface area contributed by atoms with Gasteiger partial charge in [0, 0.05) is 35.8 Å². The Morgan fingerprint density at radius 3 is 2.81 bits per heavy atom. The number of anilines is 2. The minimum atomic E-state index is -0.267. The van der Waals surface area contributed by atoms with Crippen molar-refractivity contribution in [2.75, 3.05) is 23.9 Å². The Labute approximate surface area is 157 Å². The average Bonchev–Trinajstić information content (AvgIpc) is 3.06. The second kappa shape index (κ2) is 8.06. The number of halogens is 1. The Morgan fingerprint density at radius 2 is 2.12 bits per heavy atom. The maximum Gasteiger partial charge on any atom is 0.248 e. The fourth-order valence-corrected chi connectivity index (χ4v) is 3.05. The number of hydrogen-bond donors (Lipinski definition) is 1. The third kappa shape index (κ3) is 4.24. The van der Waals surface area contributed by atoms with Crippen LogP contribution in [0, 0.1) is 0 Å². The van der Waals surface area contributed by atoms with Crippen LogP contribution in [-0.4, -0.2) is 25.5 Å². The minimum Gasteiger partial charge on any atom is -0.494 e. The molecule has 3 rings (SSSR count). The Balaban J connectivity index is 1.71. The molecule has 0 aliphatic carbocycles. The van der Waals surface area contributed by atoms with Crippen LogP contribution in [0.15, 0.2) is 48.5 Å². The number of rotatable bonds is 5. The second-order valence-corrected chi connectivity index (χ2v) is 6.35. The second-order valence-electron chi connectivity index (χ2n) is 5.91. The van der Waals surface area contributed by atoms with Crippen molar-refractivity contribution in [1.29, 1.82) is 0 Å². The maximum atomic E-state index is 12.1. The molecule has 26 heavy (non-hydrogen) atoms. The van der Waals surface area contributed by atoms with Crippen LogP contribution >= 0.6 is 11.6 Å². The Bertz CT molecular complexity index is 864. The first kappa shape index (κ1) is 18.0. The van der Waals surface area contributed by atoms with Gasteiger partial charge in [0.15, 0.2) is 0 Å². The Morgan fingerprint density at radius 1 is 1.27 bits per heavy atom. The van der Waals surface area contributed by atoms with Gasteiger partial charge in [0.25, 0.3) is 0 Å². The van der Waals surface area contributed by atoms with E-state index in [4.69, 9.17) is 16.3 Å². The molecule has 0 bridgehead atoms. The van der Waals surface area contributed by atoms with E-state index in [1.807, 2.05) is 12.1 Å². The molecule has 1 saturated heterocycles. The molecule has 1 heterocycles. The molecule has 0 atom stereocenters. The summed E-state index contributed by atoms with van der Waals surface area (Å²) in [6, 6.07) is 12.5. The number of nitrogens with zero attached hydrogens (tertiary/aromatic N) is 1. The van der Waals surface area contributed by atoms with Crippen LogP contribution < -0.4 is 15.0 Å². The zero-order valence-electron chi connectivity index (χ0n) is 14.4. The molecule has 1 N–H and O–H groups in total. The quantitative estimate of drug-likeness (QED) is 0.805. The van der Waals surface area contributed by atoms with Crippen LogP contribution in [0.5, 0.6) is 5.75 Å². The normalized spacial score (nSPS) is 14.1. The van der Waals surface area contributed by atoms with Crippen LogP contribution in [-0.2, 0) is 9.59 Å². The fourth-order valence-electron chi connectivity index (χ4n) is 2.85. The molecule has 1 fully saturated rings. The zero-order chi connectivity index (χ0) is 18.5. The largest absolute Gasteiger partial charge is 0.494 e. The molecule has 0 spiro atoms. The molecule has 0 radical (unpaired) electrons. The van der Waals surface area contributed by atoms with Gasteiger partial charge in [-0.05, 0) is 42.3 Å². The summed E-state index contributed by atoms with van der Waals surface area (Å²) in [5, 5.41) is 3.40. The van der Waals surface area contributed by atoms with Gasteiger partial charge in [0.05, 0.1) is 12.8 Å². The Hall–Kier alpha value is -2.79. The summed E-state index contributed by atoms with van der Waals surface area (Å²) in [6.45, 7) is 0.684. The van der Waals surface area contributed by atoms with Gasteiger partial charge >= 0.3 is 0 Å². The summed E-state index contributed by atoms with van der Waals surface area (Å²) in [5.74, 6) is 0.374. The van der Waals surface area contributed by atoms with Gasteiger partial charge < -0.3 is 15.0 Å². The van der Waals surface area contributed by atoms with Crippen molar-refractivity contribution in [3.8, 4) is 5.75 Å². The molecule has 0 unspecified atom stereocenters. The van der Waals surface area contributed by atoms with E-state index in [0.717, 1.165) is 17.7 Å². The molecule has 2 amide bonds. The summed E-state index contributed by atoms with van der Waals surface area (Å²) in [4.78, 5) is 25.8. The Kier molecular flexibility index (Phi) is 5.58. The number of nitrogens with one attached hydrogen (secondary N) is 1. The first-order chi connectivity index (χ1) is 12.6. The van der Waals surface area contributed by atoms with Crippen molar-refractivity contribution in [2.24, 2.45) is 0 Å². The topological polar surface area (TPSA) is 58.6 Å². The zero-order valence-corrected chi connectivity index (χ0v) is 15.1. The molecule has 2 aromatic rings. The lowest BCUT2D eigenvalue weighted by molar-refractivity contribution is -0.117. The summed E-state index contributed by atoms with van der Waals surface area (Å²) in [5.41, 5.74) is 2.16. The molecule has 2 aromatic carbocycles. The van der Waals surface area contributed by atoms with Crippen molar-refractivity contribution in [3.63, 3.8) is 0 Å². The van der Waals surface area contributed by atoms with Crippen LogP contribution in [0.4, 0.5) is 11.4 Å². The first-order valence-electron chi connectivity index (χ1n) is 8.30. The maximum absolute atomic E-state index is 12.1. The molecular weight excluding hydrogens is 352 g/mol. The number of carbonyl (C=O) groups excluding carboxylic acids is 2. The van der Waals surface area contributed by atoms with Gasteiger partial charge in [-0.3, -0.25) is 9.59 Å². The van der Waals surface area contributed by atoms with Gasteiger partial charge in [0.2, 0.25) is 11.8 Å². The lowest BCUT2D eigenvalue weighted by atomic mass is 10.2. The highest BCUT2D eigenvalue weighted by Crippen LogP contribution is 2.33. The highest BCUT2D eigenvalue weighted by atomic mass is 35.5. The number of methoxy groups -OCH3 is 1. The van der Waals surface area contributed by atoms with Gasteiger partial charge in [-0.25, -0.2) is 0 Å². The van der Waals surface area contributed by atoms with Gasteiger partial charge in [-0.2, -0.15) is 0 Å². The molecule has 0 aromatic heterocycles. The third-order valence-corrected chi connectivity index (χ3v) is 4.32. The van der Waals surface area contributed by atoms with Gasteiger partial charge in [-0.15, -0.1) is 0 Å². The van der Waals surface area contributed by atoms with E-state index in [9.17, 15) is 9.59 Å². The van der Waals surface area contributed by atoms with E-state index in [2.05, 4.69) is 5.32 Å². The minimum absolute atomic E-state index is 0.0875. The van der Waals surface area contributed by atoms with Crippen molar-refractivity contribution in [3.05, 3.63) is 59.1 Å². The lowest BCUT2D eigenvalue weighted by Crippen LogP contribution is -2.24. The average molecular weight is 371 g/mol.